The minimum Gasteiger partial charge on any atom is -0.497 e. The van der Waals surface area contributed by atoms with Crippen LogP contribution < -0.4 is 15.0 Å². The molecule has 2 heterocycles. The van der Waals surface area contributed by atoms with E-state index >= 15 is 0 Å². The van der Waals surface area contributed by atoms with Crippen LogP contribution in [0.4, 0.5) is 5.69 Å². The van der Waals surface area contributed by atoms with Gasteiger partial charge in [0, 0.05) is 61.9 Å². The highest BCUT2D eigenvalue weighted by Gasteiger charge is 2.28. The van der Waals surface area contributed by atoms with Crippen molar-refractivity contribution in [1.82, 2.24) is 15.2 Å². The van der Waals surface area contributed by atoms with Gasteiger partial charge in [-0.05, 0) is 105 Å². The summed E-state index contributed by atoms with van der Waals surface area (Å²) in [5, 5.41) is 12.6. The number of nitrogens with one attached hydrogen (secondary N) is 1. The van der Waals surface area contributed by atoms with Gasteiger partial charge in [0.05, 0.1) is 13.7 Å². The van der Waals surface area contributed by atoms with Crippen LogP contribution in [0.15, 0.2) is 54.9 Å². The Morgan fingerprint density at radius 2 is 1.77 bits per heavy atom. The normalized spacial score (nSPS) is 15.1. The van der Waals surface area contributed by atoms with Crippen LogP contribution in [0.3, 0.4) is 0 Å². The van der Waals surface area contributed by atoms with E-state index < -0.39 is 0 Å². The van der Waals surface area contributed by atoms with E-state index in [1.54, 1.807) is 7.11 Å². The van der Waals surface area contributed by atoms with E-state index in [2.05, 4.69) is 52.1 Å². The number of carbonyl (C=O) groups is 1. The average molecular weight is 545 g/mol. The lowest BCUT2D eigenvalue weighted by Gasteiger charge is -2.42. The van der Waals surface area contributed by atoms with Gasteiger partial charge in [-0.25, -0.2) is 0 Å². The van der Waals surface area contributed by atoms with Crippen molar-refractivity contribution in [2.75, 3.05) is 31.6 Å². The van der Waals surface area contributed by atoms with Crippen molar-refractivity contribution < 1.29 is 14.6 Å². The minimum absolute atomic E-state index is 0.0151. The molecule has 1 amide bonds. The summed E-state index contributed by atoms with van der Waals surface area (Å²) in [6, 6.07) is 15.1. The maximum Gasteiger partial charge on any atom is 0.251 e. The lowest BCUT2D eigenvalue weighted by atomic mass is 9.98. The first kappa shape index (κ1) is 29.6. The van der Waals surface area contributed by atoms with E-state index in [0.717, 1.165) is 61.3 Å². The van der Waals surface area contributed by atoms with Crippen molar-refractivity contribution in [2.24, 2.45) is 0 Å². The predicted octanol–water partition coefficient (Wildman–Crippen LogP) is 5.19. The van der Waals surface area contributed by atoms with Gasteiger partial charge in [0.1, 0.15) is 5.75 Å². The van der Waals surface area contributed by atoms with E-state index in [0.29, 0.717) is 24.2 Å². The van der Waals surface area contributed by atoms with Crippen molar-refractivity contribution in [3.63, 3.8) is 0 Å². The fourth-order valence-electron chi connectivity index (χ4n) is 5.86. The summed E-state index contributed by atoms with van der Waals surface area (Å²) in [5.41, 5.74) is 7.07. The molecule has 2 N–H and O–H groups in total. The molecule has 7 nitrogen and oxygen atoms in total. The lowest BCUT2D eigenvalue weighted by Crippen LogP contribution is -2.48. The van der Waals surface area contributed by atoms with Gasteiger partial charge in [0.25, 0.3) is 5.91 Å². The number of hydrogen-bond donors (Lipinski definition) is 2. The molecule has 0 aliphatic carbocycles. The molecule has 2 aromatic carbocycles. The fourth-order valence-corrected chi connectivity index (χ4v) is 5.86. The second kappa shape index (κ2) is 13.8. The van der Waals surface area contributed by atoms with Crippen LogP contribution in [0.1, 0.15) is 64.4 Å². The molecule has 7 heteroatoms. The van der Waals surface area contributed by atoms with E-state index in [-0.39, 0.29) is 12.5 Å². The maximum atomic E-state index is 12.9. The Kier molecular flexibility index (Phi) is 10.2. The summed E-state index contributed by atoms with van der Waals surface area (Å²) in [4.78, 5) is 22.4. The highest BCUT2D eigenvalue weighted by atomic mass is 16.5. The molecule has 1 unspecified atom stereocenters. The third kappa shape index (κ3) is 7.20. The molecule has 4 rings (SSSR count). The Balaban J connectivity index is 1.34. The number of benzene rings is 2. The number of hydrogen-bond acceptors (Lipinski definition) is 6. The van der Waals surface area contributed by atoms with Gasteiger partial charge >= 0.3 is 0 Å². The molecule has 0 radical (unpaired) electrons. The van der Waals surface area contributed by atoms with Crippen molar-refractivity contribution in [3.8, 4) is 5.75 Å². The number of ether oxygens (including phenoxy) is 1. The molecule has 1 aromatic heterocycles. The summed E-state index contributed by atoms with van der Waals surface area (Å²) >= 11 is 0. The predicted molar refractivity (Wildman–Crippen MR) is 161 cm³/mol. The number of aromatic nitrogens is 1. The van der Waals surface area contributed by atoms with Crippen LogP contribution in [0.25, 0.3) is 0 Å². The number of anilines is 1. The molecule has 1 aliphatic rings. The van der Waals surface area contributed by atoms with Gasteiger partial charge in [-0.2, -0.15) is 0 Å². The molecule has 214 valence electrons. The SMILES string of the molecule is COc1ccc(N(Cc2cnccc2C)C2CCN(C(C)CCNC(=O)c3c(C)cc(CO)cc3C)CC2)cc1. The molecular formula is C33H44N4O3. The number of carbonyl (C=O) groups excluding carboxylic acids is 1. The summed E-state index contributed by atoms with van der Waals surface area (Å²) in [6.45, 7) is 11.8. The highest BCUT2D eigenvalue weighted by Crippen LogP contribution is 2.29. The van der Waals surface area contributed by atoms with E-state index in [1.165, 1.54) is 16.8 Å². The number of likely N-dealkylation sites (tertiary alicyclic amines) is 1. The zero-order valence-electron chi connectivity index (χ0n) is 24.6. The summed E-state index contributed by atoms with van der Waals surface area (Å²) in [7, 11) is 1.70. The Bertz CT molecular complexity index is 1250. The van der Waals surface area contributed by atoms with Crippen LogP contribution >= 0.6 is 0 Å². The maximum absolute atomic E-state index is 12.9. The zero-order valence-corrected chi connectivity index (χ0v) is 24.6. The summed E-state index contributed by atoms with van der Waals surface area (Å²) < 4.78 is 5.39. The molecule has 0 saturated carbocycles. The van der Waals surface area contributed by atoms with Crippen molar-refractivity contribution >= 4 is 11.6 Å². The average Bonchev–Trinajstić information content (AvgIpc) is 2.96. The molecule has 40 heavy (non-hydrogen) atoms. The molecule has 1 aliphatic heterocycles. The summed E-state index contributed by atoms with van der Waals surface area (Å²) in [5.74, 6) is 0.829. The van der Waals surface area contributed by atoms with Crippen LogP contribution in [0, 0.1) is 20.8 Å². The Hall–Kier alpha value is -3.42. The zero-order chi connectivity index (χ0) is 28.6. The topological polar surface area (TPSA) is 77.9 Å². The minimum atomic E-state index is -0.0359. The van der Waals surface area contributed by atoms with Crippen LogP contribution in [-0.4, -0.2) is 59.7 Å². The first-order chi connectivity index (χ1) is 19.3. The molecule has 0 spiro atoms. The van der Waals surface area contributed by atoms with Crippen molar-refractivity contribution in [3.05, 3.63) is 88.2 Å². The quantitative estimate of drug-likeness (QED) is 0.346. The van der Waals surface area contributed by atoms with Gasteiger partial charge in [0.2, 0.25) is 0 Å². The van der Waals surface area contributed by atoms with E-state index in [4.69, 9.17) is 4.74 Å². The van der Waals surface area contributed by atoms with Gasteiger partial charge in [-0.3, -0.25) is 9.78 Å². The monoisotopic (exact) mass is 544 g/mol. The Morgan fingerprint density at radius 3 is 2.38 bits per heavy atom. The first-order valence-electron chi connectivity index (χ1n) is 14.3. The fraction of sp³-hybridized carbons (Fsp3) is 0.455. The van der Waals surface area contributed by atoms with Gasteiger partial charge in [-0.15, -0.1) is 0 Å². The molecule has 1 atom stereocenters. The van der Waals surface area contributed by atoms with Gasteiger partial charge in [0.15, 0.2) is 0 Å². The number of rotatable bonds is 11. The van der Waals surface area contributed by atoms with E-state index in [9.17, 15) is 9.90 Å². The Labute approximate surface area is 239 Å². The smallest absolute Gasteiger partial charge is 0.251 e. The first-order valence-corrected chi connectivity index (χ1v) is 14.3. The number of methoxy groups -OCH3 is 1. The highest BCUT2D eigenvalue weighted by molar-refractivity contribution is 5.97. The largest absolute Gasteiger partial charge is 0.497 e. The van der Waals surface area contributed by atoms with Gasteiger partial charge in [-0.1, -0.05) is 12.1 Å². The number of amides is 1. The molecular weight excluding hydrogens is 500 g/mol. The molecule has 1 fully saturated rings. The van der Waals surface area contributed by atoms with Crippen molar-refractivity contribution in [1.29, 1.82) is 0 Å². The third-order valence-electron chi connectivity index (χ3n) is 8.31. The van der Waals surface area contributed by atoms with Crippen LogP contribution in [0.2, 0.25) is 0 Å². The summed E-state index contributed by atoms with van der Waals surface area (Å²) in [6.07, 6.45) is 6.91. The molecule has 1 saturated heterocycles. The number of nitrogens with zero attached hydrogens (tertiary/aromatic N) is 3. The third-order valence-corrected chi connectivity index (χ3v) is 8.31. The number of aliphatic hydroxyl groups excluding tert-OH is 1. The molecule has 0 bridgehead atoms. The van der Waals surface area contributed by atoms with Crippen LogP contribution in [-0.2, 0) is 13.2 Å². The number of pyridine rings is 1. The number of aliphatic hydroxyl groups is 1. The number of aryl methyl sites for hydroxylation is 3. The van der Waals surface area contributed by atoms with Gasteiger partial charge < -0.3 is 25.0 Å². The number of piperidine rings is 1. The van der Waals surface area contributed by atoms with Crippen molar-refractivity contribution in [2.45, 2.75) is 72.2 Å². The standard InChI is InChI=1S/C33H44N4O3/c1-23-10-14-34-20-28(23)21-37(29-6-8-31(40-5)9-7-29)30-12-16-36(17-13-30)26(4)11-15-35-33(39)32-24(2)18-27(22-38)19-25(32)3/h6-10,14,18-20,26,30,38H,11-13,15-17,21-22H2,1-5H3,(H,35,39). The Morgan fingerprint density at radius 1 is 1.10 bits per heavy atom. The van der Waals surface area contributed by atoms with Crippen LogP contribution in [0.5, 0.6) is 5.75 Å². The second-order valence-electron chi connectivity index (χ2n) is 11.1. The lowest BCUT2D eigenvalue weighted by molar-refractivity contribution is 0.0943. The second-order valence-corrected chi connectivity index (χ2v) is 11.1. The van der Waals surface area contributed by atoms with E-state index in [1.807, 2.05) is 50.5 Å². The molecule has 3 aromatic rings.